The van der Waals surface area contributed by atoms with E-state index in [1.165, 1.54) is 18.4 Å². The number of hydrogen-bond donors (Lipinski definition) is 0. The van der Waals surface area contributed by atoms with E-state index in [1.807, 2.05) is 12.1 Å². The topological polar surface area (TPSA) is 26.3 Å². The maximum absolute atomic E-state index is 11.4. The first-order chi connectivity index (χ1) is 8.67. The second kappa shape index (κ2) is 8.15. The highest BCUT2D eigenvalue weighted by Gasteiger charge is 2.16. The zero-order valence-electron chi connectivity index (χ0n) is 11.1. The van der Waals surface area contributed by atoms with Crippen LogP contribution < -0.4 is 0 Å². The van der Waals surface area contributed by atoms with E-state index in [2.05, 4.69) is 19.1 Å². The van der Waals surface area contributed by atoms with Crippen molar-refractivity contribution in [2.45, 2.75) is 44.9 Å². The molecule has 1 atom stereocenters. The van der Waals surface area contributed by atoms with Crippen LogP contribution in [0.25, 0.3) is 0 Å². The SMILES string of the molecule is CCCCc1ccc(CC(Cl)C(=O)OCC)cc1. The Bertz CT molecular complexity index is 359. The summed E-state index contributed by atoms with van der Waals surface area (Å²) >= 11 is 5.99. The third-order valence-corrected chi connectivity index (χ3v) is 3.13. The van der Waals surface area contributed by atoms with Crippen LogP contribution in [-0.2, 0) is 22.4 Å². The van der Waals surface area contributed by atoms with Gasteiger partial charge in [0.05, 0.1) is 6.61 Å². The number of unbranched alkanes of at least 4 members (excludes halogenated alkanes) is 1. The molecule has 3 heteroatoms. The predicted molar refractivity (Wildman–Crippen MR) is 75.0 cm³/mol. The molecule has 0 saturated carbocycles. The molecule has 100 valence electrons. The Morgan fingerprint density at radius 2 is 1.83 bits per heavy atom. The normalized spacial score (nSPS) is 12.2. The molecule has 0 heterocycles. The van der Waals surface area contributed by atoms with Gasteiger partial charge in [0.2, 0.25) is 0 Å². The van der Waals surface area contributed by atoms with Gasteiger partial charge in [0.25, 0.3) is 0 Å². The number of rotatable bonds is 7. The van der Waals surface area contributed by atoms with Crippen molar-refractivity contribution in [2.24, 2.45) is 0 Å². The molecular weight excluding hydrogens is 248 g/mol. The molecule has 0 bridgehead atoms. The van der Waals surface area contributed by atoms with Crippen molar-refractivity contribution in [1.82, 2.24) is 0 Å². The average molecular weight is 269 g/mol. The Labute approximate surface area is 114 Å². The summed E-state index contributed by atoms with van der Waals surface area (Å²) in [7, 11) is 0. The van der Waals surface area contributed by atoms with Crippen LogP contribution in [0.4, 0.5) is 0 Å². The zero-order valence-corrected chi connectivity index (χ0v) is 11.9. The fourth-order valence-electron chi connectivity index (χ4n) is 1.75. The van der Waals surface area contributed by atoms with Gasteiger partial charge in [-0.05, 0) is 37.3 Å². The highest BCUT2D eigenvalue weighted by atomic mass is 35.5. The van der Waals surface area contributed by atoms with Crippen molar-refractivity contribution >= 4 is 17.6 Å². The Hall–Kier alpha value is -1.02. The quantitative estimate of drug-likeness (QED) is 0.556. The first kappa shape index (κ1) is 15.0. The smallest absolute Gasteiger partial charge is 0.324 e. The monoisotopic (exact) mass is 268 g/mol. The van der Waals surface area contributed by atoms with Crippen LogP contribution in [-0.4, -0.2) is 18.0 Å². The van der Waals surface area contributed by atoms with Gasteiger partial charge >= 0.3 is 5.97 Å². The van der Waals surface area contributed by atoms with Gasteiger partial charge in [0.15, 0.2) is 0 Å². The fraction of sp³-hybridized carbons (Fsp3) is 0.533. The van der Waals surface area contributed by atoms with Crippen LogP contribution in [0.1, 0.15) is 37.8 Å². The minimum atomic E-state index is -0.591. The number of alkyl halides is 1. The molecule has 0 fully saturated rings. The molecule has 0 radical (unpaired) electrons. The summed E-state index contributed by atoms with van der Waals surface area (Å²) in [4.78, 5) is 11.4. The van der Waals surface area contributed by atoms with Gasteiger partial charge in [0, 0.05) is 0 Å². The van der Waals surface area contributed by atoms with Gasteiger partial charge in [-0.2, -0.15) is 0 Å². The molecule has 2 nitrogen and oxygen atoms in total. The van der Waals surface area contributed by atoms with Crippen LogP contribution >= 0.6 is 11.6 Å². The maximum Gasteiger partial charge on any atom is 0.324 e. The number of ether oxygens (including phenoxy) is 1. The largest absolute Gasteiger partial charge is 0.465 e. The van der Waals surface area contributed by atoms with E-state index >= 15 is 0 Å². The van der Waals surface area contributed by atoms with Crippen LogP contribution in [0.3, 0.4) is 0 Å². The van der Waals surface area contributed by atoms with Crippen molar-refractivity contribution in [1.29, 1.82) is 0 Å². The summed E-state index contributed by atoms with van der Waals surface area (Å²) in [5.41, 5.74) is 2.41. The fourth-order valence-corrected chi connectivity index (χ4v) is 1.99. The Morgan fingerprint density at radius 3 is 2.39 bits per heavy atom. The number of aryl methyl sites for hydroxylation is 1. The first-order valence-electron chi connectivity index (χ1n) is 6.55. The second-order valence-corrected chi connectivity index (χ2v) is 4.87. The number of benzene rings is 1. The van der Waals surface area contributed by atoms with Gasteiger partial charge in [-0.3, -0.25) is 4.79 Å². The number of esters is 1. The molecule has 1 unspecified atom stereocenters. The van der Waals surface area contributed by atoms with Crippen molar-refractivity contribution in [3.05, 3.63) is 35.4 Å². The van der Waals surface area contributed by atoms with E-state index in [1.54, 1.807) is 6.92 Å². The van der Waals surface area contributed by atoms with E-state index in [0.29, 0.717) is 13.0 Å². The molecule has 0 aliphatic rings. The van der Waals surface area contributed by atoms with Crippen LogP contribution in [0.15, 0.2) is 24.3 Å². The van der Waals surface area contributed by atoms with Crippen molar-refractivity contribution in [2.75, 3.05) is 6.61 Å². The Kier molecular flexibility index (Phi) is 6.81. The molecule has 1 aromatic rings. The zero-order chi connectivity index (χ0) is 13.4. The van der Waals surface area contributed by atoms with Crippen molar-refractivity contribution in [3.8, 4) is 0 Å². The van der Waals surface area contributed by atoms with E-state index < -0.39 is 5.38 Å². The van der Waals surface area contributed by atoms with Gasteiger partial charge in [-0.1, -0.05) is 37.6 Å². The molecule has 0 aliphatic carbocycles. The minimum absolute atomic E-state index is 0.339. The van der Waals surface area contributed by atoms with Gasteiger partial charge in [-0.25, -0.2) is 0 Å². The number of hydrogen-bond acceptors (Lipinski definition) is 2. The lowest BCUT2D eigenvalue weighted by Gasteiger charge is -2.09. The summed E-state index contributed by atoms with van der Waals surface area (Å²) in [5, 5.41) is -0.591. The molecule has 0 amide bonds. The highest BCUT2D eigenvalue weighted by molar-refractivity contribution is 6.30. The molecule has 0 spiro atoms. The first-order valence-corrected chi connectivity index (χ1v) is 6.99. The summed E-state index contributed by atoms with van der Waals surface area (Å²) in [5.74, 6) is -0.339. The van der Waals surface area contributed by atoms with Crippen molar-refractivity contribution < 1.29 is 9.53 Å². The third kappa shape index (κ3) is 5.09. The van der Waals surface area contributed by atoms with E-state index in [4.69, 9.17) is 16.3 Å². The lowest BCUT2D eigenvalue weighted by Crippen LogP contribution is -2.20. The maximum atomic E-state index is 11.4. The summed E-state index contributed by atoms with van der Waals surface area (Å²) in [6, 6.07) is 8.30. The summed E-state index contributed by atoms with van der Waals surface area (Å²) in [6.45, 7) is 4.34. The Morgan fingerprint density at radius 1 is 1.22 bits per heavy atom. The lowest BCUT2D eigenvalue weighted by molar-refractivity contribution is -0.142. The minimum Gasteiger partial charge on any atom is -0.465 e. The average Bonchev–Trinajstić information content (AvgIpc) is 2.38. The van der Waals surface area contributed by atoms with Crippen LogP contribution in [0, 0.1) is 0 Å². The van der Waals surface area contributed by atoms with Gasteiger partial charge < -0.3 is 4.74 Å². The molecule has 0 aliphatic heterocycles. The standard InChI is InChI=1S/C15H21ClO2/c1-3-5-6-12-7-9-13(10-8-12)11-14(16)15(17)18-4-2/h7-10,14H,3-6,11H2,1-2H3. The molecule has 0 aromatic heterocycles. The molecule has 1 aromatic carbocycles. The van der Waals surface area contributed by atoms with E-state index in [-0.39, 0.29) is 5.97 Å². The second-order valence-electron chi connectivity index (χ2n) is 4.34. The molecular formula is C15H21ClO2. The summed E-state index contributed by atoms with van der Waals surface area (Å²) in [6.07, 6.45) is 4.04. The van der Waals surface area contributed by atoms with Gasteiger partial charge in [0.1, 0.15) is 5.38 Å². The Balaban J connectivity index is 2.50. The molecule has 18 heavy (non-hydrogen) atoms. The molecule has 1 rings (SSSR count). The van der Waals surface area contributed by atoms with E-state index in [9.17, 15) is 4.79 Å². The summed E-state index contributed by atoms with van der Waals surface area (Å²) < 4.78 is 4.88. The third-order valence-electron chi connectivity index (χ3n) is 2.80. The van der Waals surface area contributed by atoms with Crippen LogP contribution in [0.5, 0.6) is 0 Å². The molecule has 0 N–H and O–H groups in total. The lowest BCUT2D eigenvalue weighted by atomic mass is 10.0. The van der Waals surface area contributed by atoms with E-state index in [0.717, 1.165) is 12.0 Å². The number of carbonyl (C=O) groups is 1. The number of halogens is 1. The van der Waals surface area contributed by atoms with Crippen LogP contribution in [0.2, 0.25) is 0 Å². The van der Waals surface area contributed by atoms with Crippen molar-refractivity contribution in [3.63, 3.8) is 0 Å². The van der Waals surface area contributed by atoms with Gasteiger partial charge in [-0.15, -0.1) is 11.6 Å². The highest BCUT2D eigenvalue weighted by Crippen LogP contribution is 2.13. The number of carbonyl (C=O) groups excluding carboxylic acids is 1. The molecule has 0 saturated heterocycles. The predicted octanol–water partition coefficient (Wildman–Crippen LogP) is 3.74.